The van der Waals surface area contributed by atoms with E-state index in [0.717, 1.165) is 23.4 Å². The molecule has 0 saturated carbocycles. The van der Waals surface area contributed by atoms with Gasteiger partial charge in [0.15, 0.2) is 0 Å². The van der Waals surface area contributed by atoms with Gasteiger partial charge in [-0.15, -0.1) is 11.6 Å². The summed E-state index contributed by atoms with van der Waals surface area (Å²) in [6.07, 6.45) is 0.105. The van der Waals surface area contributed by atoms with Crippen LogP contribution in [0, 0.1) is 0 Å². The summed E-state index contributed by atoms with van der Waals surface area (Å²) in [5.74, 6) is 1.22. The molecule has 1 aromatic carbocycles. The maximum Gasteiger partial charge on any atom is 0.124 e. The number of alkyl halides is 1. The van der Waals surface area contributed by atoms with E-state index >= 15 is 0 Å². The second-order valence-electron chi connectivity index (χ2n) is 3.95. The van der Waals surface area contributed by atoms with Crippen LogP contribution in [-0.2, 0) is 17.2 Å². The molecular formula is C12H14Cl2N2O. The molecule has 1 unspecified atom stereocenters. The molecule has 1 heterocycles. The van der Waals surface area contributed by atoms with Crippen molar-refractivity contribution in [1.29, 1.82) is 0 Å². The van der Waals surface area contributed by atoms with Crippen molar-refractivity contribution in [2.45, 2.75) is 25.5 Å². The van der Waals surface area contributed by atoms with E-state index in [0.29, 0.717) is 10.9 Å². The van der Waals surface area contributed by atoms with E-state index in [1.165, 1.54) is 0 Å². The number of hydrogen-bond acceptors (Lipinski definition) is 2. The predicted molar refractivity (Wildman–Crippen MR) is 70.8 cm³/mol. The van der Waals surface area contributed by atoms with Crippen LogP contribution >= 0.6 is 23.2 Å². The first kappa shape index (κ1) is 12.7. The number of rotatable bonds is 4. The fourth-order valence-corrected chi connectivity index (χ4v) is 2.15. The molecule has 2 rings (SSSR count). The van der Waals surface area contributed by atoms with Gasteiger partial charge in [0.05, 0.1) is 29.6 Å². The topological polar surface area (TPSA) is 27.1 Å². The van der Waals surface area contributed by atoms with Crippen molar-refractivity contribution in [1.82, 2.24) is 9.55 Å². The number of imidazole rings is 1. The fourth-order valence-electron chi connectivity index (χ4n) is 1.78. The molecular weight excluding hydrogens is 259 g/mol. The lowest BCUT2D eigenvalue weighted by Gasteiger charge is -2.13. The number of fused-ring (bicyclic) bond motifs is 1. The molecule has 1 aromatic heterocycles. The van der Waals surface area contributed by atoms with Crippen LogP contribution in [0.5, 0.6) is 0 Å². The van der Waals surface area contributed by atoms with Gasteiger partial charge in [-0.2, -0.15) is 0 Å². The first-order chi connectivity index (χ1) is 8.15. The molecule has 2 aromatic rings. The number of benzene rings is 1. The van der Waals surface area contributed by atoms with Crippen molar-refractivity contribution in [2.24, 2.45) is 0 Å². The smallest absolute Gasteiger partial charge is 0.124 e. The Kier molecular flexibility index (Phi) is 3.92. The molecule has 0 spiro atoms. The van der Waals surface area contributed by atoms with E-state index in [4.69, 9.17) is 27.9 Å². The van der Waals surface area contributed by atoms with Gasteiger partial charge in [0, 0.05) is 12.1 Å². The lowest BCUT2D eigenvalue weighted by atomic mass is 10.3. The lowest BCUT2D eigenvalue weighted by Crippen LogP contribution is -2.16. The fraction of sp³-hybridized carbons (Fsp3) is 0.417. The molecule has 0 saturated heterocycles. The monoisotopic (exact) mass is 272 g/mol. The van der Waals surface area contributed by atoms with Gasteiger partial charge in [0.25, 0.3) is 0 Å². The molecule has 0 amide bonds. The van der Waals surface area contributed by atoms with E-state index in [1.54, 1.807) is 7.11 Å². The summed E-state index contributed by atoms with van der Waals surface area (Å²) in [6, 6.07) is 5.64. The quantitative estimate of drug-likeness (QED) is 0.797. The summed E-state index contributed by atoms with van der Waals surface area (Å²) in [5.41, 5.74) is 1.91. The SMILES string of the molecule is COC(C)Cn1c(CCl)nc2ccc(Cl)cc21. The highest BCUT2D eigenvalue weighted by Gasteiger charge is 2.12. The second kappa shape index (κ2) is 5.25. The Morgan fingerprint density at radius 3 is 2.88 bits per heavy atom. The molecule has 0 bridgehead atoms. The number of aromatic nitrogens is 2. The van der Waals surface area contributed by atoms with Gasteiger partial charge in [0.1, 0.15) is 5.82 Å². The minimum absolute atomic E-state index is 0.105. The molecule has 17 heavy (non-hydrogen) atoms. The summed E-state index contributed by atoms with van der Waals surface area (Å²) in [5, 5.41) is 0.699. The van der Waals surface area contributed by atoms with Crippen molar-refractivity contribution in [3.05, 3.63) is 29.0 Å². The van der Waals surface area contributed by atoms with Crippen LogP contribution in [0.2, 0.25) is 5.02 Å². The van der Waals surface area contributed by atoms with E-state index in [9.17, 15) is 0 Å². The number of methoxy groups -OCH3 is 1. The standard InChI is InChI=1S/C12H14Cl2N2O/c1-8(17-2)7-16-11-5-9(14)3-4-10(11)15-12(16)6-13/h3-5,8H,6-7H2,1-2H3. The minimum Gasteiger partial charge on any atom is -0.380 e. The normalized spacial score (nSPS) is 13.2. The van der Waals surface area contributed by atoms with Crippen LogP contribution in [0.4, 0.5) is 0 Å². The first-order valence-corrected chi connectivity index (χ1v) is 6.30. The highest BCUT2D eigenvalue weighted by atomic mass is 35.5. The summed E-state index contributed by atoms with van der Waals surface area (Å²) < 4.78 is 7.34. The minimum atomic E-state index is 0.105. The molecule has 5 heteroatoms. The van der Waals surface area contributed by atoms with Gasteiger partial charge in [-0.1, -0.05) is 11.6 Å². The number of nitrogens with zero attached hydrogens (tertiary/aromatic N) is 2. The number of halogens is 2. The molecule has 0 aliphatic rings. The molecule has 1 atom stereocenters. The molecule has 0 aliphatic heterocycles. The third-order valence-corrected chi connectivity index (χ3v) is 3.23. The number of hydrogen-bond donors (Lipinski definition) is 0. The average molecular weight is 273 g/mol. The van der Waals surface area contributed by atoms with Crippen LogP contribution in [0.3, 0.4) is 0 Å². The highest BCUT2D eigenvalue weighted by molar-refractivity contribution is 6.31. The molecule has 0 radical (unpaired) electrons. The molecule has 0 fully saturated rings. The van der Waals surface area contributed by atoms with Gasteiger partial charge >= 0.3 is 0 Å². The Morgan fingerprint density at radius 1 is 1.47 bits per heavy atom. The Balaban J connectivity index is 2.52. The zero-order valence-corrected chi connectivity index (χ0v) is 11.3. The van der Waals surface area contributed by atoms with Crippen molar-refractivity contribution >= 4 is 34.2 Å². The average Bonchev–Trinajstić information content (AvgIpc) is 2.67. The lowest BCUT2D eigenvalue weighted by molar-refractivity contribution is 0.103. The van der Waals surface area contributed by atoms with Crippen LogP contribution < -0.4 is 0 Å². The maximum absolute atomic E-state index is 6.01. The summed E-state index contributed by atoms with van der Waals surface area (Å²) in [6.45, 7) is 2.73. The third-order valence-electron chi connectivity index (χ3n) is 2.75. The highest BCUT2D eigenvalue weighted by Crippen LogP contribution is 2.22. The zero-order valence-electron chi connectivity index (χ0n) is 9.78. The van der Waals surface area contributed by atoms with Crippen molar-refractivity contribution in [3.8, 4) is 0 Å². The van der Waals surface area contributed by atoms with E-state index < -0.39 is 0 Å². The van der Waals surface area contributed by atoms with E-state index in [-0.39, 0.29) is 6.10 Å². The summed E-state index contributed by atoms with van der Waals surface area (Å²) in [7, 11) is 1.69. The molecule has 0 aliphatic carbocycles. The van der Waals surface area contributed by atoms with Crippen molar-refractivity contribution < 1.29 is 4.74 Å². The van der Waals surface area contributed by atoms with Crippen molar-refractivity contribution in [2.75, 3.05) is 7.11 Å². The molecule has 3 nitrogen and oxygen atoms in total. The largest absolute Gasteiger partial charge is 0.380 e. The van der Waals surface area contributed by atoms with Gasteiger partial charge in [-0.25, -0.2) is 4.98 Å². The van der Waals surface area contributed by atoms with Gasteiger partial charge in [-0.3, -0.25) is 0 Å². The predicted octanol–water partition coefficient (Wildman–Crippen LogP) is 3.46. The van der Waals surface area contributed by atoms with Crippen LogP contribution in [-0.4, -0.2) is 22.8 Å². The van der Waals surface area contributed by atoms with Gasteiger partial charge < -0.3 is 9.30 Å². The summed E-state index contributed by atoms with van der Waals surface area (Å²) in [4.78, 5) is 4.48. The Bertz CT molecular complexity index is 524. The second-order valence-corrected chi connectivity index (χ2v) is 4.66. The van der Waals surface area contributed by atoms with Gasteiger partial charge in [0.2, 0.25) is 0 Å². The van der Waals surface area contributed by atoms with Gasteiger partial charge in [-0.05, 0) is 25.1 Å². The van der Waals surface area contributed by atoms with E-state index in [2.05, 4.69) is 9.55 Å². The van der Waals surface area contributed by atoms with Crippen LogP contribution in [0.25, 0.3) is 11.0 Å². The Hall–Kier alpha value is -0.770. The molecule has 0 N–H and O–H groups in total. The van der Waals surface area contributed by atoms with Crippen LogP contribution in [0.1, 0.15) is 12.7 Å². The van der Waals surface area contributed by atoms with Crippen molar-refractivity contribution in [3.63, 3.8) is 0 Å². The zero-order chi connectivity index (χ0) is 12.4. The maximum atomic E-state index is 6.01. The first-order valence-electron chi connectivity index (χ1n) is 5.39. The Morgan fingerprint density at radius 2 is 2.24 bits per heavy atom. The molecule has 92 valence electrons. The van der Waals surface area contributed by atoms with Crippen LogP contribution in [0.15, 0.2) is 18.2 Å². The van der Waals surface area contributed by atoms with E-state index in [1.807, 2.05) is 25.1 Å². The Labute approximate surface area is 110 Å². The summed E-state index contributed by atoms with van der Waals surface area (Å²) >= 11 is 11.9. The number of ether oxygens (including phenoxy) is 1. The third kappa shape index (κ3) is 2.57.